The Bertz CT molecular complexity index is 795. The minimum absolute atomic E-state index is 0.234. The molecular formula is C24H29ClN2O2. The van der Waals surface area contributed by atoms with Gasteiger partial charge in [-0.15, -0.1) is 0 Å². The molecule has 0 bridgehead atoms. The van der Waals surface area contributed by atoms with Gasteiger partial charge in [0.05, 0.1) is 12.2 Å². The highest BCUT2D eigenvalue weighted by molar-refractivity contribution is 6.30. The topological polar surface area (TPSA) is 32.8 Å². The molecule has 2 aromatic rings. The number of carbonyl (C=O) groups is 1. The molecule has 5 heteroatoms. The van der Waals surface area contributed by atoms with E-state index in [1.165, 1.54) is 5.56 Å². The Labute approximate surface area is 178 Å². The molecule has 0 amide bonds. The second kappa shape index (κ2) is 11.0. The summed E-state index contributed by atoms with van der Waals surface area (Å²) in [6.07, 6.45) is 6.27. The fourth-order valence-electron chi connectivity index (χ4n) is 3.30. The van der Waals surface area contributed by atoms with Crippen LogP contribution in [0.3, 0.4) is 0 Å². The van der Waals surface area contributed by atoms with E-state index < -0.39 is 0 Å². The van der Waals surface area contributed by atoms with Crippen molar-refractivity contribution in [1.29, 1.82) is 0 Å². The number of piperazine rings is 1. The molecule has 29 heavy (non-hydrogen) atoms. The van der Waals surface area contributed by atoms with E-state index in [9.17, 15) is 4.79 Å². The van der Waals surface area contributed by atoms with Crippen molar-refractivity contribution in [2.45, 2.75) is 19.8 Å². The third-order valence-electron chi connectivity index (χ3n) is 5.12. The lowest BCUT2D eigenvalue weighted by Gasteiger charge is -2.35. The molecule has 0 atom stereocenters. The number of hydrogen-bond donors (Lipinski definition) is 0. The van der Waals surface area contributed by atoms with E-state index in [0.717, 1.165) is 56.3 Å². The highest BCUT2D eigenvalue weighted by Gasteiger charge is 2.16. The van der Waals surface area contributed by atoms with Crippen LogP contribution in [0.15, 0.2) is 54.6 Å². The minimum atomic E-state index is -0.234. The maximum Gasteiger partial charge on any atom is 0.338 e. The Balaban J connectivity index is 1.44. The Morgan fingerprint density at radius 3 is 2.38 bits per heavy atom. The Morgan fingerprint density at radius 2 is 1.72 bits per heavy atom. The van der Waals surface area contributed by atoms with Gasteiger partial charge in [0, 0.05) is 43.4 Å². The van der Waals surface area contributed by atoms with Crippen LogP contribution in [0.1, 0.15) is 35.7 Å². The first-order chi connectivity index (χ1) is 14.2. The molecule has 0 aliphatic carbocycles. The fourth-order valence-corrected chi connectivity index (χ4v) is 3.43. The quantitative estimate of drug-likeness (QED) is 0.444. The molecular weight excluding hydrogens is 384 g/mol. The molecule has 0 N–H and O–H groups in total. The SMILES string of the molecule is CCCCOC(=O)c1ccc(N2CCN(C/C=C/c3ccc(Cl)cc3)CC2)cc1. The van der Waals surface area contributed by atoms with Crippen molar-refractivity contribution in [2.75, 3.05) is 44.2 Å². The molecule has 0 radical (unpaired) electrons. The number of halogens is 1. The minimum Gasteiger partial charge on any atom is -0.462 e. The maximum absolute atomic E-state index is 12.0. The summed E-state index contributed by atoms with van der Waals surface area (Å²) in [6, 6.07) is 15.7. The van der Waals surface area contributed by atoms with E-state index >= 15 is 0 Å². The third kappa shape index (κ3) is 6.62. The number of ether oxygens (including phenoxy) is 1. The molecule has 4 nitrogen and oxygen atoms in total. The lowest BCUT2D eigenvalue weighted by molar-refractivity contribution is 0.0500. The predicted octanol–water partition coefficient (Wildman–Crippen LogP) is 5.13. The summed E-state index contributed by atoms with van der Waals surface area (Å²) in [6.45, 7) is 7.52. The molecule has 1 heterocycles. The molecule has 1 saturated heterocycles. The fraction of sp³-hybridized carbons (Fsp3) is 0.375. The lowest BCUT2D eigenvalue weighted by Crippen LogP contribution is -2.46. The van der Waals surface area contributed by atoms with Crippen molar-refractivity contribution >= 4 is 29.3 Å². The van der Waals surface area contributed by atoms with Crippen molar-refractivity contribution in [3.05, 3.63) is 70.8 Å². The van der Waals surface area contributed by atoms with Crippen molar-refractivity contribution < 1.29 is 9.53 Å². The van der Waals surface area contributed by atoms with Crippen LogP contribution in [0.5, 0.6) is 0 Å². The lowest BCUT2D eigenvalue weighted by atomic mass is 10.1. The number of benzene rings is 2. The van der Waals surface area contributed by atoms with Gasteiger partial charge in [-0.2, -0.15) is 0 Å². The van der Waals surface area contributed by atoms with Crippen LogP contribution in [0.2, 0.25) is 5.02 Å². The van der Waals surface area contributed by atoms with E-state index in [4.69, 9.17) is 16.3 Å². The van der Waals surface area contributed by atoms with Gasteiger partial charge in [-0.3, -0.25) is 4.90 Å². The molecule has 3 rings (SSSR count). The molecule has 2 aromatic carbocycles. The summed E-state index contributed by atoms with van der Waals surface area (Å²) in [5, 5.41) is 0.764. The van der Waals surface area contributed by atoms with E-state index in [1.54, 1.807) is 0 Å². The van der Waals surface area contributed by atoms with Gasteiger partial charge in [0.2, 0.25) is 0 Å². The van der Waals surface area contributed by atoms with Crippen LogP contribution in [-0.2, 0) is 4.74 Å². The molecule has 0 saturated carbocycles. The summed E-state index contributed by atoms with van der Waals surface area (Å²) in [4.78, 5) is 16.8. The normalized spacial score (nSPS) is 15.0. The monoisotopic (exact) mass is 412 g/mol. The van der Waals surface area contributed by atoms with E-state index in [1.807, 2.05) is 48.5 Å². The molecule has 1 aliphatic rings. The Morgan fingerprint density at radius 1 is 1.03 bits per heavy atom. The van der Waals surface area contributed by atoms with Crippen LogP contribution in [-0.4, -0.2) is 50.2 Å². The van der Waals surface area contributed by atoms with Gasteiger partial charge in [-0.1, -0.05) is 49.2 Å². The zero-order valence-electron chi connectivity index (χ0n) is 17.0. The summed E-state index contributed by atoms with van der Waals surface area (Å²) in [5.74, 6) is -0.234. The third-order valence-corrected chi connectivity index (χ3v) is 5.37. The van der Waals surface area contributed by atoms with Crippen LogP contribution >= 0.6 is 11.6 Å². The van der Waals surface area contributed by atoms with Crippen molar-refractivity contribution in [3.63, 3.8) is 0 Å². The molecule has 154 valence electrons. The Kier molecular flexibility index (Phi) is 8.14. The number of rotatable bonds is 8. The van der Waals surface area contributed by atoms with Gasteiger partial charge in [0.15, 0.2) is 0 Å². The average Bonchev–Trinajstić information content (AvgIpc) is 2.76. The van der Waals surface area contributed by atoms with E-state index in [0.29, 0.717) is 12.2 Å². The summed E-state index contributed by atoms with van der Waals surface area (Å²) >= 11 is 5.92. The molecule has 0 unspecified atom stereocenters. The van der Waals surface area contributed by atoms with Crippen LogP contribution < -0.4 is 4.90 Å². The number of carbonyl (C=O) groups excluding carboxylic acids is 1. The molecule has 0 aromatic heterocycles. The number of anilines is 1. The zero-order chi connectivity index (χ0) is 20.5. The highest BCUT2D eigenvalue weighted by atomic mass is 35.5. The first-order valence-corrected chi connectivity index (χ1v) is 10.7. The van der Waals surface area contributed by atoms with Gasteiger partial charge in [0.25, 0.3) is 0 Å². The maximum atomic E-state index is 12.0. The first-order valence-electron chi connectivity index (χ1n) is 10.3. The number of unbranched alkanes of at least 4 members (excludes halogenated alkanes) is 1. The van der Waals surface area contributed by atoms with Crippen molar-refractivity contribution in [2.24, 2.45) is 0 Å². The number of nitrogens with zero attached hydrogens (tertiary/aromatic N) is 2. The van der Waals surface area contributed by atoms with Crippen LogP contribution in [0.25, 0.3) is 6.08 Å². The van der Waals surface area contributed by atoms with Crippen molar-refractivity contribution in [3.8, 4) is 0 Å². The molecule has 1 fully saturated rings. The highest BCUT2D eigenvalue weighted by Crippen LogP contribution is 2.18. The molecule has 0 spiro atoms. The zero-order valence-corrected chi connectivity index (χ0v) is 17.8. The van der Waals surface area contributed by atoms with Gasteiger partial charge < -0.3 is 9.64 Å². The molecule has 1 aliphatic heterocycles. The summed E-state index contributed by atoms with van der Waals surface area (Å²) in [7, 11) is 0. The predicted molar refractivity (Wildman–Crippen MR) is 121 cm³/mol. The Hall–Kier alpha value is -2.30. The number of hydrogen-bond acceptors (Lipinski definition) is 4. The van der Waals surface area contributed by atoms with Crippen LogP contribution in [0.4, 0.5) is 5.69 Å². The van der Waals surface area contributed by atoms with E-state index in [-0.39, 0.29) is 5.97 Å². The second-order valence-electron chi connectivity index (χ2n) is 7.28. The van der Waals surface area contributed by atoms with Crippen molar-refractivity contribution in [1.82, 2.24) is 4.90 Å². The van der Waals surface area contributed by atoms with E-state index in [2.05, 4.69) is 28.9 Å². The van der Waals surface area contributed by atoms with Gasteiger partial charge in [-0.05, 0) is 48.4 Å². The number of esters is 1. The van der Waals surface area contributed by atoms with Crippen LogP contribution in [0, 0.1) is 0 Å². The summed E-state index contributed by atoms with van der Waals surface area (Å²) in [5.41, 5.74) is 2.95. The summed E-state index contributed by atoms with van der Waals surface area (Å²) < 4.78 is 5.27. The smallest absolute Gasteiger partial charge is 0.338 e. The average molecular weight is 413 g/mol. The van der Waals surface area contributed by atoms with Gasteiger partial charge in [-0.25, -0.2) is 4.79 Å². The van der Waals surface area contributed by atoms with Gasteiger partial charge in [0.1, 0.15) is 0 Å². The second-order valence-corrected chi connectivity index (χ2v) is 7.71. The largest absolute Gasteiger partial charge is 0.462 e. The first kappa shape index (κ1) is 21.4. The standard InChI is InChI=1S/C24H29ClN2O2/c1-2-3-19-29-24(28)21-8-12-23(13-9-21)27-17-15-26(16-18-27)14-4-5-20-6-10-22(25)11-7-20/h4-13H,2-3,14-19H2,1H3/b5-4+. The van der Waals surface area contributed by atoms with Gasteiger partial charge >= 0.3 is 5.97 Å².